The van der Waals surface area contributed by atoms with Crippen LogP contribution in [0.25, 0.3) is 16.7 Å². The van der Waals surface area contributed by atoms with E-state index in [4.69, 9.17) is 14.2 Å². The lowest BCUT2D eigenvalue weighted by atomic mass is 9.94. The van der Waals surface area contributed by atoms with E-state index in [-0.39, 0.29) is 17.9 Å². The first-order chi connectivity index (χ1) is 19.0. The number of rotatable bonds is 9. The van der Waals surface area contributed by atoms with Crippen LogP contribution in [-0.4, -0.2) is 47.0 Å². The molecule has 1 amide bonds. The summed E-state index contributed by atoms with van der Waals surface area (Å²) in [5.74, 6) is -0.120. The number of aliphatic hydroxyl groups is 1. The molecule has 0 spiro atoms. The standard InChI is InChI=1S/C31H30N2O6/c1-4-38-21-14-15-23(26(16-21)39-5-2)29(34)27-28(24-17-32-25-9-7-6-8-22(24)25)33(31(36)30(27)35)18-19-10-12-20(37-3)13-11-19/h6-17,28,32,34H,4-5,18H2,1-3H3/b29-27+. The highest BCUT2D eigenvalue weighted by Crippen LogP contribution is 2.44. The summed E-state index contributed by atoms with van der Waals surface area (Å²) in [6, 6.07) is 19.2. The normalized spacial score (nSPS) is 16.6. The molecule has 39 heavy (non-hydrogen) atoms. The lowest BCUT2D eigenvalue weighted by Crippen LogP contribution is -2.29. The first-order valence-electron chi connectivity index (χ1n) is 12.8. The lowest BCUT2D eigenvalue weighted by Gasteiger charge is -2.25. The van der Waals surface area contributed by atoms with Gasteiger partial charge >= 0.3 is 0 Å². The largest absolute Gasteiger partial charge is 0.507 e. The number of para-hydroxylation sites is 1. The number of hydrogen-bond donors (Lipinski definition) is 2. The van der Waals surface area contributed by atoms with Crippen LogP contribution >= 0.6 is 0 Å². The molecule has 3 aromatic carbocycles. The van der Waals surface area contributed by atoms with Gasteiger partial charge in [0.25, 0.3) is 11.7 Å². The number of nitrogens with zero attached hydrogens (tertiary/aromatic N) is 1. The van der Waals surface area contributed by atoms with Crippen molar-refractivity contribution >= 4 is 28.4 Å². The van der Waals surface area contributed by atoms with Crippen molar-refractivity contribution in [1.82, 2.24) is 9.88 Å². The summed E-state index contributed by atoms with van der Waals surface area (Å²) in [4.78, 5) is 31.8. The van der Waals surface area contributed by atoms with Gasteiger partial charge in [0.05, 0.1) is 37.5 Å². The monoisotopic (exact) mass is 526 g/mol. The number of ketones is 1. The van der Waals surface area contributed by atoms with Gasteiger partial charge in [-0.15, -0.1) is 0 Å². The second-order valence-corrected chi connectivity index (χ2v) is 9.09. The number of hydrogen-bond acceptors (Lipinski definition) is 6. The van der Waals surface area contributed by atoms with Gasteiger partial charge in [-0.3, -0.25) is 9.59 Å². The number of benzene rings is 3. The zero-order valence-corrected chi connectivity index (χ0v) is 22.1. The molecule has 1 aliphatic heterocycles. The smallest absolute Gasteiger partial charge is 0.295 e. The van der Waals surface area contributed by atoms with Crippen LogP contribution in [0.5, 0.6) is 17.2 Å². The SMILES string of the molecule is CCOc1ccc(/C(O)=C2\C(=O)C(=O)N(Cc3ccc(OC)cc3)C2c2c[nH]c3ccccc23)c(OCC)c1. The molecule has 1 saturated heterocycles. The van der Waals surface area contributed by atoms with E-state index in [1.807, 2.05) is 50.2 Å². The van der Waals surface area contributed by atoms with Crippen molar-refractivity contribution < 1.29 is 28.9 Å². The predicted molar refractivity (Wildman–Crippen MR) is 148 cm³/mol. The van der Waals surface area contributed by atoms with Crippen molar-refractivity contribution in [2.24, 2.45) is 0 Å². The van der Waals surface area contributed by atoms with Gasteiger partial charge in [-0.1, -0.05) is 30.3 Å². The number of likely N-dealkylation sites (tertiary alicyclic amines) is 1. The zero-order chi connectivity index (χ0) is 27.5. The van der Waals surface area contributed by atoms with Crippen LogP contribution in [0.4, 0.5) is 0 Å². The molecule has 8 heteroatoms. The van der Waals surface area contributed by atoms with E-state index < -0.39 is 17.7 Å². The minimum Gasteiger partial charge on any atom is -0.507 e. The van der Waals surface area contributed by atoms with E-state index in [0.717, 1.165) is 16.5 Å². The van der Waals surface area contributed by atoms with Crippen molar-refractivity contribution in [3.8, 4) is 17.2 Å². The number of carbonyl (C=O) groups is 2. The van der Waals surface area contributed by atoms with Crippen molar-refractivity contribution in [1.29, 1.82) is 0 Å². The number of Topliss-reactive ketones (excluding diaryl/α,β-unsaturated/α-hetero) is 1. The topological polar surface area (TPSA) is 101 Å². The molecule has 0 bridgehead atoms. The van der Waals surface area contributed by atoms with Crippen LogP contribution in [0, 0.1) is 0 Å². The third kappa shape index (κ3) is 4.81. The number of methoxy groups -OCH3 is 1. The quantitative estimate of drug-likeness (QED) is 0.167. The Morgan fingerprint density at radius 3 is 2.38 bits per heavy atom. The summed E-state index contributed by atoms with van der Waals surface area (Å²) in [6.45, 7) is 4.68. The Bertz CT molecular complexity index is 1550. The van der Waals surface area contributed by atoms with Gasteiger partial charge in [0.1, 0.15) is 23.0 Å². The van der Waals surface area contributed by atoms with Gasteiger partial charge in [0.15, 0.2) is 0 Å². The molecule has 2 heterocycles. The van der Waals surface area contributed by atoms with Crippen LogP contribution in [0.3, 0.4) is 0 Å². The maximum absolute atomic E-state index is 13.6. The van der Waals surface area contributed by atoms with E-state index in [1.54, 1.807) is 43.6 Å². The second-order valence-electron chi connectivity index (χ2n) is 9.09. The molecule has 0 radical (unpaired) electrons. The van der Waals surface area contributed by atoms with Gasteiger partial charge in [-0.25, -0.2) is 0 Å². The Balaban J connectivity index is 1.68. The molecule has 1 atom stereocenters. The van der Waals surface area contributed by atoms with Crippen LogP contribution in [-0.2, 0) is 16.1 Å². The number of H-pyrrole nitrogens is 1. The maximum atomic E-state index is 13.6. The fraction of sp³-hybridized carbons (Fsp3) is 0.226. The van der Waals surface area contributed by atoms with Gasteiger partial charge in [0, 0.05) is 35.3 Å². The molecule has 0 saturated carbocycles. The molecular formula is C31H30N2O6. The van der Waals surface area contributed by atoms with Crippen molar-refractivity contribution in [3.05, 3.63) is 95.2 Å². The van der Waals surface area contributed by atoms with Crippen LogP contribution in [0.15, 0.2) is 78.5 Å². The van der Waals surface area contributed by atoms with E-state index in [2.05, 4.69) is 4.98 Å². The number of fused-ring (bicyclic) bond motifs is 1. The van der Waals surface area contributed by atoms with Gasteiger partial charge in [0.2, 0.25) is 0 Å². The molecule has 1 aromatic heterocycles. The molecule has 2 N–H and O–H groups in total. The van der Waals surface area contributed by atoms with Gasteiger partial charge in [-0.2, -0.15) is 0 Å². The number of aliphatic hydroxyl groups excluding tert-OH is 1. The van der Waals surface area contributed by atoms with E-state index >= 15 is 0 Å². The minimum absolute atomic E-state index is 0.00313. The average Bonchev–Trinajstić information content (AvgIpc) is 3.48. The number of carbonyl (C=O) groups excluding carboxylic acids is 2. The Morgan fingerprint density at radius 1 is 0.949 bits per heavy atom. The maximum Gasteiger partial charge on any atom is 0.295 e. The number of amides is 1. The summed E-state index contributed by atoms with van der Waals surface area (Å²) in [5.41, 5.74) is 2.71. The Kier molecular flexibility index (Phi) is 7.27. The second kappa shape index (κ2) is 10.9. The zero-order valence-electron chi connectivity index (χ0n) is 22.1. The molecule has 8 nitrogen and oxygen atoms in total. The third-order valence-corrected chi connectivity index (χ3v) is 6.79. The predicted octanol–water partition coefficient (Wildman–Crippen LogP) is 5.60. The molecule has 0 aliphatic carbocycles. The van der Waals surface area contributed by atoms with E-state index in [1.165, 1.54) is 4.90 Å². The number of ether oxygens (including phenoxy) is 3. The molecular weight excluding hydrogens is 496 g/mol. The minimum atomic E-state index is -0.829. The van der Waals surface area contributed by atoms with Crippen molar-refractivity contribution in [2.75, 3.05) is 20.3 Å². The first-order valence-corrected chi connectivity index (χ1v) is 12.8. The summed E-state index contributed by atoms with van der Waals surface area (Å²) >= 11 is 0. The van der Waals surface area contributed by atoms with Gasteiger partial charge < -0.3 is 29.2 Å². The van der Waals surface area contributed by atoms with Crippen molar-refractivity contribution in [3.63, 3.8) is 0 Å². The fourth-order valence-electron chi connectivity index (χ4n) is 4.99. The highest BCUT2D eigenvalue weighted by atomic mass is 16.5. The molecule has 200 valence electrons. The third-order valence-electron chi connectivity index (χ3n) is 6.79. The van der Waals surface area contributed by atoms with Crippen molar-refractivity contribution in [2.45, 2.75) is 26.4 Å². The van der Waals surface area contributed by atoms with Crippen LogP contribution in [0.1, 0.15) is 36.6 Å². The summed E-state index contributed by atoms with van der Waals surface area (Å²) in [6.07, 6.45) is 1.79. The lowest BCUT2D eigenvalue weighted by molar-refractivity contribution is -0.140. The summed E-state index contributed by atoms with van der Waals surface area (Å²) in [7, 11) is 1.59. The Hall–Kier alpha value is -4.72. The molecule has 1 unspecified atom stereocenters. The van der Waals surface area contributed by atoms with Gasteiger partial charge in [-0.05, 0) is 49.7 Å². The average molecular weight is 527 g/mol. The highest BCUT2D eigenvalue weighted by molar-refractivity contribution is 6.46. The van der Waals surface area contributed by atoms with Crippen LogP contribution in [0.2, 0.25) is 0 Å². The highest BCUT2D eigenvalue weighted by Gasteiger charge is 2.47. The Morgan fingerprint density at radius 2 is 1.67 bits per heavy atom. The first kappa shape index (κ1) is 25.9. The van der Waals surface area contributed by atoms with E-state index in [0.29, 0.717) is 41.6 Å². The number of aromatic nitrogens is 1. The number of nitrogens with one attached hydrogen (secondary N) is 1. The Labute approximate surface area is 226 Å². The summed E-state index contributed by atoms with van der Waals surface area (Å²) < 4.78 is 16.7. The van der Waals surface area contributed by atoms with Crippen LogP contribution < -0.4 is 14.2 Å². The van der Waals surface area contributed by atoms with E-state index in [9.17, 15) is 14.7 Å². The molecule has 1 aliphatic rings. The summed E-state index contributed by atoms with van der Waals surface area (Å²) in [5, 5.41) is 12.5. The number of aromatic amines is 1. The molecule has 1 fully saturated rings. The molecule has 5 rings (SSSR count). The fourth-order valence-corrected chi connectivity index (χ4v) is 4.99. The molecule has 4 aromatic rings.